The number of para-hydroxylation sites is 1. The van der Waals surface area contributed by atoms with Crippen LogP contribution in [-0.4, -0.2) is 40.2 Å². The van der Waals surface area contributed by atoms with Crippen LogP contribution in [-0.2, 0) is 19.2 Å². The zero-order valence-electron chi connectivity index (χ0n) is 21.3. The quantitative estimate of drug-likeness (QED) is 0.417. The van der Waals surface area contributed by atoms with Gasteiger partial charge >= 0.3 is 0 Å². The van der Waals surface area contributed by atoms with Crippen LogP contribution in [0.15, 0.2) is 64.7 Å². The fourth-order valence-corrected chi connectivity index (χ4v) is 7.83. The number of rotatable bonds is 4. The maximum atomic E-state index is 14.3. The maximum absolute atomic E-state index is 14.3. The first-order valence-electron chi connectivity index (χ1n) is 13.2. The van der Waals surface area contributed by atoms with Crippen LogP contribution < -0.4 is 4.90 Å². The molecule has 6 atom stereocenters. The highest BCUT2D eigenvalue weighted by Crippen LogP contribution is 2.64. The summed E-state index contributed by atoms with van der Waals surface area (Å²) < 4.78 is 0.736. The van der Waals surface area contributed by atoms with Gasteiger partial charge in [0.25, 0.3) is 0 Å². The van der Waals surface area contributed by atoms with Crippen molar-refractivity contribution in [3.8, 4) is 5.75 Å². The smallest absolute Gasteiger partial charge is 0.241 e. The molecule has 6 rings (SSSR count). The molecule has 2 aliphatic carbocycles. The summed E-state index contributed by atoms with van der Waals surface area (Å²) in [4.78, 5) is 57.8. The lowest BCUT2D eigenvalue weighted by molar-refractivity contribution is -0.140. The molecule has 3 fully saturated rings. The summed E-state index contributed by atoms with van der Waals surface area (Å²) in [5.41, 5.74) is 0.745. The number of imide groups is 2. The third kappa shape index (κ3) is 3.32. The Morgan fingerprint density at radius 3 is 2.45 bits per heavy atom. The number of allylic oxidation sites excluding steroid dienone is 2. The van der Waals surface area contributed by atoms with Gasteiger partial charge in [0, 0.05) is 22.5 Å². The molecule has 4 aliphatic rings. The number of nitrogens with zero attached hydrogens (tertiary/aromatic N) is 2. The highest BCUT2D eigenvalue weighted by molar-refractivity contribution is 9.10. The molecule has 196 valence electrons. The van der Waals surface area contributed by atoms with Crippen LogP contribution in [0.25, 0.3) is 0 Å². The van der Waals surface area contributed by atoms with Crippen LogP contribution in [0.5, 0.6) is 5.75 Å². The number of amides is 4. The Bertz CT molecular complexity index is 1400. The van der Waals surface area contributed by atoms with Gasteiger partial charge in [-0.25, -0.2) is 4.90 Å². The van der Waals surface area contributed by atoms with Crippen molar-refractivity contribution in [2.45, 2.75) is 39.0 Å². The highest BCUT2D eigenvalue weighted by atomic mass is 79.9. The molecule has 0 unspecified atom stereocenters. The first-order valence-corrected chi connectivity index (χ1v) is 14.0. The van der Waals surface area contributed by atoms with Gasteiger partial charge < -0.3 is 5.11 Å². The van der Waals surface area contributed by atoms with E-state index in [4.69, 9.17) is 0 Å². The zero-order chi connectivity index (χ0) is 26.9. The number of likely N-dealkylation sites (tertiary alicyclic amines) is 1. The van der Waals surface area contributed by atoms with Crippen LogP contribution >= 0.6 is 15.9 Å². The average molecular weight is 577 g/mol. The Labute approximate surface area is 229 Å². The van der Waals surface area contributed by atoms with E-state index in [2.05, 4.69) is 15.9 Å². The summed E-state index contributed by atoms with van der Waals surface area (Å²) in [6.07, 6.45) is 3.39. The summed E-state index contributed by atoms with van der Waals surface area (Å²) in [5, 5.41) is 11.1. The van der Waals surface area contributed by atoms with E-state index in [0.29, 0.717) is 37.1 Å². The summed E-state index contributed by atoms with van der Waals surface area (Å²) in [6, 6.07) is 14.0. The van der Waals surface area contributed by atoms with E-state index in [9.17, 15) is 24.3 Å². The van der Waals surface area contributed by atoms with Crippen molar-refractivity contribution < 1.29 is 24.3 Å². The van der Waals surface area contributed by atoms with Crippen molar-refractivity contribution in [1.82, 2.24) is 4.90 Å². The molecule has 8 heteroatoms. The molecule has 0 bridgehead atoms. The van der Waals surface area contributed by atoms with Crippen LogP contribution in [0.2, 0.25) is 0 Å². The second-order valence-corrected chi connectivity index (χ2v) is 11.9. The second kappa shape index (κ2) is 8.90. The largest absolute Gasteiger partial charge is 0.508 e. The van der Waals surface area contributed by atoms with Crippen LogP contribution in [0, 0.1) is 29.1 Å². The van der Waals surface area contributed by atoms with Crippen LogP contribution in [0.3, 0.4) is 0 Å². The van der Waals surface area contributed by atoms with Crippen molar-refractivity contribution in [3.05, 3.63) is 70.2 Å². The predicted molar refractivity (Wildman–Crippen MR) is 144 cm³/mol. The number of carbonyl (C=O) groups is 4. The number of carbonyl (C=O) groups excluding carboxylic acids is 4. The first-order chi connectivity index (χ1) is 18.2. The van der Waals surface area contributed by atoms with E-state index in [1.165, 1.54) is 9.80 Å². The molecule has 7 nitrogen and oxygen atoms in total. The minimum atomic E-state index is -1.17. The lowest BCUT2D eigenvalue weighted by Gasteiger charge is -2.49. The topological polar surface area (TPSA) is 95.0 Å². The molecule has 38 heavy (non-hydrogen) atoms. The fourth-order valence-electron chi connectivity index (χ4n) is 7.45. The van der Waals surface area contributed by atoms with Crippen molar-refractivity contribution >= 4 is 45.2 Å². The molecule has 2 aliphatic heterocycles. The molecule has 2 aromatic rings. The van der Waals surface area contributed by atoms with Crippen molar-refractivity contribution in [2.24, 2.45) is 29.1 Å². The van der Waals surface area contributed by atoms with Gasteiger partial charge in [-0.2, -0.15) is 0 Å². The molecule has 1 N–H and O–H groups in total. The summed E-state index contributed by atoms with van der Waals surface area (Å²) >= 11 is 3.51. The van der Waals surface area contributed by atoms with Gasteiger partial charge in [0.05, 0.1) is 28.9 Å². The van der Waals surface area contributed by atoms with Gasteiger partial charge in [-0.1, -0.05) is 52.7 Å². The number of fused-ring (bicyclic) bond motifs is 4. The summed E-state index contributed by atoms with van der Waals surface area (Å²) in [7, 11) is 0. The van der Waals surface area contributed by atoms with E-state index in [1.54, 1.807) is 42.5 Å². The van der Waals surface area contributed by atoms with E-state index >= 15 is 0 Å². The fraction of sp³-hybridized carbons (Fsp3) is 0.400. The van der Waals surface area contributed by atoms with E-state index in [1.807, 2.05) is 26.0 Å². The Hall–Kier alpha value is -3.26. The lowest BCUT2D eigenvalue weighted by atomic mass is 9.51. The minimum absolute atomic E-state index is 0.0293. The Morgan fingerprint density at radius 1 is 1.00 bits per heavy atom. The molecular formula is C30H29BrN2O5. The third-order valence-electron chi connectivity index (χ3n) is 9.13. The number of aromatic hydroxyl groups is 1. The molecule has 0 aromatic heterocycles. The van der Waals surface area contributed by atoms with Crippen molar-refractivity contribution in [3.63, 3.8) is 0 Å². The van der Waals surface area contributed by atoms with Crippen LogP contribution in [0.1, 0.15) is 44.6 Å². The average Bonchev–Trinajstić information content (AvgIpc) is 3.26. The third-order valence-corrected chi connectivity index (χ3v) is 9.62. The van der Waals surface area contributed by atoms with E-state index < -0.39 is 29.1 Å². The molecule has 2 aromatic carbocycles. The maximum Gasteiger partial charge on any atom is 0.241 e. The Kier molecular flexibility index (Phi) is 5.87. The molecule has 0 radical (unpaired) electrons. The number of halogens is 1. The Morgan fingerprint density at radius 2 is 1.74 bits per heavy atom. The van der Waals surface area contributed by atoms with Gasteiger partial charge in [-0.3, -0.25) is 24.1 Å². The summed E-state index contributed by atoms with van der Waals surface area (Å²) in [6.45, 7) is 4.13. The van der Waals surface area contributed by atoms with E-state index in [-0.39, 0.29) is 35.3 Å². The SMILES string of the molecule is CCCN1C(=O)[C@H]2[C@H](CC=C3[C@H]2C[C@H]2C(=O)N(c4ccccc4)C(=O)[C@@]2(C)[C@H]3c2cc(Br)ccc2O)C1=O. The number of hydrogen-bond donors (Lipinski definition) is 1. The monoisotopic (exact) mass is 576 g/mol. The Balaban J connectivity index is 1.54. The molecule has 2 saturated heterocycles. The molecule has 0 spiro atoms. The number of anilines is 1. The minimum Gasteiger partial charge on any atom is -0.508 e. The molecule has 1 saturated carbocycles. The zero-order valence-corrected chi connectivity index (χ0v) is 22.8. The number of phenolic OH excluding ortho intramolecular Hbond substituents is 1. The van der Waals surface area contributed by atoms with Gasteiger partial charge in [0.2, 0.25) is 23.6 Å². The lowest BCUT2D eigenvalue weighted by Crippen LogP contribution is -2.48. The van der Waals surface area contributed by atoms with Crippen molar-refractivity contribution in [1.29, 1.82) is 0 Å². The number of hydrogen-bond acceptors (Lipinski definition) is 5. The molecular weight excluding hydrogens is 548 g/mol. The number of benzene rings is 2. The van der Waals surface area contributed by atoms with E-state index in [0.717, 1.165) is 10.0 Å². The summed E-state index contributed by atoms with van der Waals surface area (Å²) in [5.74, 6) is -3.65. The second-order valence-electron chi connectivity index (χ2n) is 11.0. The van der Waals surface area contributed by atoms with Crippen molar-refractivity contribution in [2.75, 3.05) is 11.4 Å². The van der Waals surface area contributed by atoms with Gasteiger partial charge in [0.1, 0.15) is 5.75 Å². The first kappa shape index (κ1) is 25.0. The molecule has 4 amide bonds. The van der Waals surface area contributed by atoms with Gasteiger partial charge in [-0.15, -0.1) is 0 Å². The van der Waals surface area contributed by atoms with Gasteiger partial charge in [0.15, 0.2) is 0 Å². The predicted octanol–water partition coefficient (Wildman–Crippen LogP) is 4.80. The number of phenols is 1. The standard InChI is InChI=1S/C30H29BrN2O5/c1-3-13-32-26(35)19-11-10-18-20(24(19)28(32)37)15-22-27(36)33(17-7-5-4-6-8-17)29(38)30(22,2)25(18)21-14-16(31)9-12-23(21)34/h4-10,12,14,19-20,22,24-25,34H,3,11,13,15H2,1-2H3/t19-,20+,22-,24-,25+,30+/m0/s1. The van der Waals surface area contributed by atoms with Gasteiger partial charge in [-0.05, 0) is 62.4 Å². The highest BCUT2D eigenvalue weighted by Gasteiger charge is 2.67. The molecule has 2 heterocycles. The normalized spacial score (nSPS) is 32.3. The van der Waals surface area contributed by atoms with Crippen LogP contribution in [0.4, 0.5) is 5.69 Å².